The summed E-state index contributed by atoms with van der Waals surface area (Å²) >= 11 is 3.75. The number of thiophene rings is 2. The monoisotopic (exact) mass is 884 g/mol. The molecule has 15 aromatic rings. The number of benzene rings is 12. The molecule has 0 fully saturated rings. The van der Waals surface area contributed by atoms with Crippen LogP contribution in [-0.4, -0.2) is 0 Å². The van der Waals surface area contributed by atoms with Crippen molar-refractivity contribution in [1.29, 1.82) is 0 Å². The van der Waals surface area contributed by atoms with Gasteiger partial charge in [0.15, 0.2) is 0 Å². The second-order valence-corrected chi connectivity index (χ2v) is 19.9. The van der Waals surface area contributed by atoms with E-state index in [9.17, 15) is 0 Å². The fourth-order valence-corrected chi connectivity index (χ4v) is 13.8. The molecule has 3 heteroatoms. The van der Waals surface area contributed by atoms with E-state index in [1.54, 1.807) is 0 Å². The van der Waals surface area contributed by atoms with Crippen molar-refractivity contribution in [3.05, 3.63) is 218 Å². The second-order valence-electron chi connectivity index (χ2n) is 17.8. The van der Waals surface area contributed by atoms with Gasteiger partial charge in [-0.2, -0.15) is 0 Å². The Labute approximate surface area is 393 Å². The van der Waals surface area contributed by atoms with Gasteiger partial charge in [-0.25, -0.2) is 0 Å². The summed E-state index contributed by atoms with van der Waals surface area (Å²) in [5.41, 5.74) is 11.5. The van der Waals surface area contributed by atoms with E-state index in [0.717, 1.165) is 27.5 Å². The summed E-state index contributed by atoms with van der Waals surface area (Å²) in [7, 11) is 0. The van der Waals surface area contributed by atoms with Crippen molar-refractivity contribution in [1.82, 2.24) is 0 Å². The van der Waals surface area contributed by atoms with Gasteiger partial charge in [-0.1, -0.05) is 188 Å². The van der Waals surface area contributed by atoms with E-state index in [1.807, 2.05) is 22.7 Å². The minimum Gasteiger partial charge on any atom is -0.455 e. The smallest absolute Gasteiger partial charge is 0.143 e. The highest BCUT2D eigenvalue weighted by atomic mass is 32.1. The molecule has 0 N–H and O–H groups in total. The Kier molecular flexibility index (Phi) is 7.88. The molecule has 0 atom stereocenters. The minimum absolute atomic E-state index is 0.884. The van der Waals surface area contributed by atoms with Crippen LogP contribution in [0.4, 0.5) is 0 Å². The summed E-state index contributed by atoms with van der Waals surface area (Å²) in [6, 6.07) is 80.8. The highest BCUT2D eigenvalue weighted by Gasteiger charge is 2.24. The van der Waals surface area contributed by atoms with Gasteiger partial charge in [0, 0.05) is 62.2 Å². The van der Waals surface area contributed by atoms with Gasteiger partial charge in [0.1, 0.15) is 11.2 Å². The summed E-state index contributed by atoms with van der Waals surface area (Å²) in [5.74, 6) is 0. The summed E-state index contributed by atoms with van der Waals surface area (Å²) in [6.07, 6.45) is 0. The Hall–Kier alpha value is -8.08. The molecule has 0 aliphatic carbocycles. The van der Waals surface area contributed by atoms with Crippen molar-refractivity contribution in [2.24, 2.45) is 0 Å². The molecule has 310 valence electrons. The van der Waals surface area contributed by atoms with Gasteiger partial charge < -0.3 is 4.42 Å². The zero-order valence-electron chi connectivity index (χ0n) is 36.0. The van der Waals surface area contributed by atoms with Gasteiger partial charge >= 0.3 is 0 Å². The molecule has 0 radical (unpaired) electrons. The largest absolute Gasteiger partial charge is 0.455 e. The molecule has 12 aromatic carbocycles. The zero-order valence-corrected chi connectivity index (χ0v) is 37.6. The van der Waals surface area contributed by atoms with Crippen LogP contribution in [0.25, 0.3) is 150 Å². The first kappa shape index (κ1) is 37.2. The fourth-order valence-electron chi connectivity index (χ4n) is 11.5. The van der Waals surface area contributed by atoms with Gasteiger partial charge in [0.25, 0.3) is 0 Å². The number of para-hydroxylation sites is 1. The molecule has 67 heavy (non-hydrogen) atoms. The average Bonchev–Trinajstić information content (AvgIpc) is 4.08. The topological polar surface area (TPSA) is 13.1 Å². The van der Waals surface area contributed by atoms with Crippen LogP contribution >= 0.6 is 22.7 Å². The van der Waals surface area contributed by atoms with Crippen molar-refractivity contribution in [3.8, 4) is 44.5 Å². The number of hydrogen-bond donors (Lipinski definition) is 0. The predicted molar refractivity (Wildman–Crippen MR) is 291 cm³/mol. The maximum absolute atomic E-state index is 7.18. The highest BCUT2D eigenvalue weighted by Crippen LogP contribution is 2.51. The lowest BCUT2D eigenvalue weighted by Crippen LogP contribution is -1.91. The number of fused-ring (bicyclic) bond motifs is 13. The van der Waals surface area contributed by atoms with Crippen LogP contribution in [-0.2, 0) is 0 Å². The lowest BCUT2D eigenvalue weighted by atomic mass is 9.84. The standard InChI is InChI=1S/C64H36OS2/c1-5-21-47-43(17-1)59(37-31-33-41-39-15-9-11-29-55(39)66-57(41)35-37)44-18-2-6-22-48(44)61(47)51-25-14-28-54-63(51)53-27-13-26-52(64(53)65-54)62-49-23-7-3-19-45(49)60(46-20-4-8-24-50(46)62)38-32-34-42-40-16-10-12-30-56(40)67-58(42)36-38/h1-36H. The van der Waals surface area contributed by atoms with E-state index in [-0.39, 0.29) is 0 Å². The van der Waals surface area contributed by atoms with Gasteiger partial charge in [0.05, 0.1) is 0 Å². The first-order valence-electron chi connectivity index (χ1n) is 22.9. The van der Waals surface area contributed by atoms with E-state index < -0.39 is 0 Å². The van der Waals surface area contributed by atoms with Crippen LogP contribution in [0.1, 0.15) is 0 Å². The van der Waals surface area contributed by atoms with Crippen molar-refractivity contribution < 1.29 is 4.42 Å². The van der Waals surface area contributed by atoms with Crippen LogP contribution in [0.2, 0.25) is 0 Å². The summed E-state index contributed by atoms with van der Waals surface area (Å²) in [5, 5.41) is 17.3. The molecular formula is C64H36OS2. The van der Waals surface area contributed by atoms with Crippen LogP contribution < -0.4 is 0 Å². The van der Waals surface area contributed by atoms with Gasteiger partial charge in [-0.3, -0.25) is 0 Å². The average molecular weight is 885 g/mol. The molecule has 0 saturated carbocycles. The molecule has 15 rings (SSSR count). The lowest BCUT2D eigenvalue weighted by molar-refractivity contribution is 0.670. The van der Waals surface area contributed by atoms with E-state index in [2.05, 4.69) is 218 Å². The van der Waals surface area contributed by atoms with Gasteiger partial charge in [0.2, 0.25) is 0 Å². The lowest BCUT2D eigenvalue weighted by Gasteiger charge is -2.18. The van der Waals surface area contributed by atoms with Crippen LogP contribution in [0.5, 0.6) is 0 Å². The Morgan fingerprint density at radius 1 is 0.254 bits per heavy atom. The third-order valence-corrected chi connectivity index (χ3v) is 16.5. The van der Waals surface area contributed by atoms with E-state index in [4.69, 9.17) is 4.42 Å². The molecule has 0 spiro atoms. The van der Waals surface area contributed by atoms with Crippen molar-refractivity contribution in [3.63, 3.8) is 0 Å². The first-order valence-corrected chi connectivity index (χ1v) is 24.5. The van der Waals surface area contributed by atoms with Crippen LogP contribution in [0.3, 0.4) is 0 Å². The predicted octanol–water partition coefficient (Wildman–Crippen LogP) is 19.6. The molecule has 1 nitrogen and oxygen atoms in total. The van der Waals surface area contributed by atoms with Crippen molar-refractivity contribution in [2.75, 3.05) is 0 Å². The SMILES string of the molecule is c1cc(-c2c3ccccc3c(-c3ccc4c(c3)sc3ccccc34)c3ccccc23)c2c(c1)oc1c(-c3c4ccccc4c(-c4ccc5c(c4)sc4ccccc45)c4ccccc34)cccc12. The first-order chi connectivity index (χ1) is 33.2. The van der Waals surface area contributed by atoms with Crippen LogP contribution in [0.15, 0.2) is 223 Å². The molecular weight excluding hydrogens is 849 g/mol. The fraction of sp³-hybridized carbons (Fsp3) is 0. The second kappa shape index (κ2) is 14.2. The highest BCUT2D eigenvalue weighted by molar-refractivity contribution is 7.26. The van der Waals surface area contributed by atoms with Gasteiger partial charge in [-0.05, 0) is 107 Å². The number of rotatable bonds is 4. The summed E-state index contributed by atoms with van der Waals surface area (Å²) in [4.78, 5) is 0. The quantitative estimate of drug-likeness (QED) is 0.161. The maximum atomic E-state index is 7.18. The maximum Gasteiger partial charge on any atom is 0.143 e. The summed E-state index contributed by atoms with van der Waals surface area (Å²) in [6.45, 7) is 0. The molecule has 0 amide bonds. The van der Waals surface area contributed by atoms with E-state index >= 15 is 0 Å². The molecule has 0 bridgehead atoms. The minimum atomic E-state index is 0.884. The normalized spacial score (nSPS) is 12.2. The molecule has 0 aliphatic heterocycles. The Bertz CT molecular complexity index is 4470. The van der Waals surface area contributed by atoms with E-state index in [0.29, 0.717) is 0 Å². The molecule has 0 unspecified atom stereocenters. The Morgan fingerprint density at radius 3 is 1.09 bits per heavy atom. The zero-order chi connectivity index (χ0) is 43.7. The number of hydrogen-bond acceptors (Lipinski definition) is 3. The van der Waals surface area contributed by atoms with Gasteiger partial charge in [-0.15, -0.1) is 22.7 Å². The van der Waals surface area contributed by atoms with Crippen molar-refractivity contribution >= 4 is 128 Å². The molecule has 0 aliphatic rings. The molecule has 0 saturated heterocycles. The molecule has 3 aromatic heterocycles. The third kappa shape index (κ3) is 5.35. The Balaban J connectivity index is 0.969. The molecule has 3 heterocycles. The summed E-state index contributed by atoms with van der Waals surface area (Å²) < 4.78 is 12.4. The van der Waals surface area contributed by atoms with E-state index in [1.165, 1.54) is 122 Å². The van der Waals surface area contributed by atoms with Crippen LogP contribution in [0, 0.1) is 0 Å². The van der Waals surface area contributed by atoms with Crippen molar-refractivity contribution in [2.45, 2.75) is 0 Å². The third-order valence-electron chi connectivity index (χ3n) is 14.3. The number of furan rings is 1. The Morgan fingerprint density at radius 2 is 0.612 bits per heavy atom.